The third kappa shape index (κ3) is 3.02. The summed E-state index contributed by atoms with van der Waals surface area (Å²) in [5, 5.41) is 0. The lowest BCUT2D eigenvalue weighted by molar-refractivity contribution is 0.0545. The standard InChI is InChI=1S/C10H9F2NO2S/c1-3-10(11,12)13-16(14,15)9-6-4-8(2)5-7-9/h1,4-7,13H,2H3. The molecule has 3 nitrogen and oxygen atoms in total. The fourth-order valence-corrected chi connectivity index (χ4v) is 1.98. The van der Waals surface area contributed by atoms with Crippen molar-refractivity contribution in [2.24, 2.45) is 0 Å². The fourth-order valence-electron chi connectivity index (χ4n) is 0.975. The summed E-state index contributed by atoms with van der Waals surface area (Å²) >= 11 is 0. The van der Waals surface area contributed by atoms with Crippen LogP contribution in [0.2, 0.25) is 0 Å². The van der Waals surface area contributed by atoms with Gasteiger partial charge in [0.05, 0.1) is 4.90 Å². The van der Waals surface area contributed by atoms with Crippen molar-refractivity contribution in [2.75, 3.05) is 0 Å². The SMILES string of the molecule is C#CC(F)(F)NS(=O)(=O)c1ccc(C)cc1. The summed E-state index contributed by atoms with van der Waals surface area (Å²) in [6.45, 7) is 1.75. The number of nitrogens with one attached hydrogen (secondary N) is 1. The van der Waals surface area contributed by atoms with E-state index in [4.69, 9.17) is 0 Å². The van der Waals surface area contributed by atoms with Gasteiger partial charge in [0, 0.05) is 0 Å². The van der Waals surface area contributed by atoms with Crippen molar-refractivity contribution in [3.63, 3.8) is 0 Å². The molecular formula is C10H9F2NO2S. The van der Waals surface area contributed by atoms with E-state index < -0.39 is 16.1 Å². The van der Waals surface area contributed by atoms with Crippen LogP contribution < -0.4 is 4.72 Å². The van der Waals surface area contributed by atoms with E-state index in [9.17, 15) is 17.2 Å². The third-order valence-corrected chi connectivity index (χ3v) is 3.19. The van der Waals surface area contributed by atoms with E-state index >= 15 is 0 Å². The molecule has 16 heavy (non-hydrogen) atoms. The molecule has 0 atom stereocenters. The van der Waals surface area contributed by atoms with Crippen LogP contribution in [-0.2, 0) is 10.0 Å². The molecule has 0 aromatic heterocycles. The van der Waals surface area contributed by atoms with Crippen LogP contribution in [0.5, 0.6) is 0 Å². The van der Waals surface area contributed by atoms with Gasteiger partial charge in [0.25, 0.3) is 0 Å². The molecular weight excluding hydrogens is 236 g/mol. The second-order valence-corrected chi connectivity index (χ2v) is 4.82. The Labute approximate surface area is 92.5 Å². The lowest BCUT2D eigenvalue weighted by atomic mass is 10.2. The van der Waals surface area contributed by atoms with Gasteiger partial charge >= 0.3 is 6.05 Å². The first-order valence-corrected chi connectivity index (χ1v) is 5.71. The maximum atomic E-state index is 12.7. The van der Waals surface area contributed by atoms with Crippen molar-refractivity contribution in [1.29, 1.82) is 0 Å². The number of hydrogen-bond donors (Lipinski definition) is 1. The van der Waals surface area contributed by atoms with Crippen LogP contribution in [0.3, 0.4) is 0 Å². The highest BCUT2D eigenvalue weighted by Gasteiger charge is 2.32. The average molecular weight is 245 g/mol. The molecule has 0 bridgehead atoms. The van der Waals surface area contributed by atoms with Gasteiger partial charge in [-0.25, -0.2) is 8.42 Å². The number of alkyl halides is 2. The predicted molar refractivity (Wildman–Crippen MR) is 55.3 cm³/mol. The highest BCUT2D eigenvalue weighted by atomic mass is 32.2. The Morgan fingerprint density at radius 3 is 2.25 bits per heavy atom. The summed E-state index contributed by atoms with van der Waals surface area (Å²) < 4.78 is 49.4. The Morgan fingerprint density at radius 1 is 1.31 bits per heavy atom. The molecule has 1 aromatic rings. The summed E-state index contributed by atoms with van der Waals surface area (Å²) in [5.74, 6) is 1.05. The Morgan fingerprint density at radius 2 is 1.81 bits per heavy atom. The highest BCUT2D eigenvalue weighted by Crippen LogP contribution is 2.15. The summed E-state index contributed by atoms with van der Waals surface area (Å²) in [5.41, 5.74) is 0.822. The molecule has 86 valence electrons. The minimum Gasteiger partial charge on any atom is -0.207 e. The van der Waals surface area contributed by atoms with Gasteiger partial charge in [-0.05, 0) is 25.0 Å². The quantitative estimate of drug-likeness (QED) is 0.648. The summed E-state index contributed by atoms with van der Waals surface area (Å²) in [6.07, 6.45) is 4.49. The molecule has 1 rings (SSSR count). The van der Waals surface area contributed by atoms with Gasteiger partial charge in [-0.1, -0.05) is 17.7 Å². The lowest BCUT2D eigenvalue weighted by Crippen LogP contribution is -2.39. The third-order valence-electron chi connectivity index (χ3n) is 1.78. The Bertz CT molecular complexity index is 515. The number of hydrogen-bond acceptors (Lipinski definition) is 2. The van der Waals surface area contributed by atoms with Crippen molar-refractivity contribution >= 4 is 10.0 Å². The largest absolute Gasteiger partial charge is 0.379 e. The van der Waals surface area contributed by atoms with Crippen LogP contribution in [0.4, 0.5) is 8.78 Å². The molecule has 0 radical (unpaired) electrons. The molecule has 0 heterocycles. The Hall–Kier alpha value is -1.45. The molecule has 0 spiro atoms. The van der Waals surface area contributed by atoms with Crippen LogP contribution in [0.1, 0.15) is 5.56 Å². The normalized spacial score (nSPS) is 12.1. The number of benzene rings is 1. The van der Waals surface area contributed by atoms with Crippen molar-refractivity contribution in [3.05, 3.63) is 29.8 Å². The van der Waals surface area contributed by atoms with E-state index in [0.717, 1.165) is 16.2 Å². The molecule has 1 aromatic carbocycles. The smallest absolute Gasteiger partial charge is 0.207 e. The van der Waals surface area contributed by atoms with Gasteiger partial charge in [0.1, 0.15) is 0 Å². The van der Waals surface area contributed by atoms with E-state index in [1.807, 2.05) is 0 Å². The molecule has 0 amide bonds. The summed E-state index contributed by atoms with van der Waals surface area (Å²) in [6, 6.07) is 1.57. The number of sulfonamides is 1. The molecule has 0 aliphatic heterocycles. The van der Waals surface area contributed by atoms with Crippen LogP contribution in [0, 0.1) is 19.3 Å². The average Bonchev–Trinajstić information content (AvgIpc) is 2.17. The van der Waals surface area contributed by atoms with E-state index in [2.05, 4.69) is 6.42 Å². The molecule has 0 saturated heterocycles. The zero-order valence-corrected chi connectivity index (χ0v) is 9.18. The van der Waals surface area contributed by atoms with Gasteiger partial charge in [0.15, 0.2) is 0 Å². The summed E-state index contributed by atoms with van der Waals surface area (Å²) in [7, 11) is -4.29. The summed E-state index contributed by atoms with van der Waals surface area (Å²) in [4.78, 5) is -0.256. The zero-order chi connectivity index (χ0) is 12.4. The number of aryl methyl sites for hydroxylation is 1. The first-order chi connectivity index (χ1) is 7.27. The predicted octanol–water partition coefficient (Wildman–Crippen LogP) is 1.50. The minimum atomic E-state index is -4.29. The van der Waals surface area contributed by atoms with Gasteiger partial charge < -0.3 is 0 Å². The molecule has 1 N–H and O–H groups in total. The Balaban J connectivity index is 3.05. The molecule has 0 unspecified atom stereocenters. The van der Waals surface area contributed by atoms with Crippen molar-refractivity contribution in [3.8, 4) is 12.3 Å². The van der Waals surface area contributed by atoms with Crippen LogP contribution in [0.15, 0.2) is 29.2 Å². The fraction of sp³-hybridized carbons (Fsp3) is 0.200. The van der Waals surface area contributed by atoms with Gasteiger partial charge in [0.2, 0.25) is 10.0 Å². The number of terminal acetylenes is 1. The van der Waals surface area contributed by atoms with Crippen LogP contribution in [-0.4, -0.2) is 14.5 Å². The number of halogens is 2. The Kier molecular flexibility index (Phi) is 3.31. The van der Waals surface area contributed by atoms with Crippen molar-refractivity contribution < 1.29 is 17.2 Å². The van der Waals surface area contributed by atoms with E-state index in [1.165, 1.54) is 24.3 Å². The highest BCUT2D eigenvalue weighted by molar-refractivity contribution is 7.89. The monoisotopic (exact) mass is 245 g/mol. The van der Waals surface area contributed by atoms with E-state index in [0.29, 0.717) is 0 Å². The molecule has 0 aliphatic rings. The minimum absolute atomic E-state index is 0.256. The van der Waals surface area contributed by atoms with Crippen molar-refractivity contribution in [1.82, 2.24) is 4.72 Å². The van der Waals surface area contributed by atoms with Gasteiger partial charge in [-0.2, -0.15) is 8.78 Å². The van der Waals surface area contributed by atoms with Crippen LogP contribution in [0.25, 0.3) is 0 Å². The zero-order valence-electron chi connectivity index (χ0n) is 8.37. The molecule has 0 saturated carbocycles. The van der Waals surface area contributed by atoms with E-state index in [1.54, 1.807) is 6.92 Å². The van der Waals surface area contributed by atoms with Gasteiger partial charge in [-0.3, -0.25) is 0 Å². The topological polar surface area (TPSA) is 46.2 Å². The lowest BCUT2D eigenvalue weighted by Gasteiger charge is -2.11. The second-order valence-electron chi connectivity index (χ2n) is 3.14. The second kappa shape index (κ2) is 4.20. The van der Waals surface area contributed by atoms with E-state index in [-0.39, 0.29) is 4.90 Å². The first kappa shape index (κ1) is 12.6. The van der Waals surface area contributed by atoms with Gasteiger partial charge in [-0.15, -0.1) is 11.1 Å². The van der Waals surface area contributed by atoms with Crippen molar-refractivity contribution in [2.45, 2.75) is 17.9 Å². The maximum Gasteiger partial charge on any atom is 0.379 e. The first-order valence-electron chi connectivity index (χ1n) is 4.23. The molecule has 0 aliphatic carbocycles. The molecule has 6 heteroatoms. The number of rotatable bonds is 3. The maximum absolute atomic E-state index is 12.7. The van der Waals surface area contributed by atoms with Crippen LogP contribution >= 0.6 is 0 Å². The molecule has 0 fully saturated rings.